The quantitative estimate of drug-likeness (QED) is 0.547. The number of benzene rings is 2. The summed E-state index contributed by atoms with van der Waals surface area (Å²) in [5.74, 6) is 0.452. The van der Waals surface area contributed by atoms with Crippen molar-refractivity contribution in [1.82, 2.24) is 15.3 Å². The Balaban J connectivity index is 1.55. The minimum Gasteiger partial charge on any atom is -0.424 e. The van der Waals surface area contributed by atoms with Crippen molar-refractivity contribution in [2.24, 2.45) is 0 Å². The molecule has 6 heteroatoms. The van der Waals surface area contributed by atoms with Crippen molar-refractivity contribution in [3.63, 3.8) is 0 Å². The van der Waals surface area contributed by atoms with Crippen molar-refractivity contribution in [2.75, 3.05) is 19.8 Å². The molecule has 1 aromatic heterocycles. The molecule has 0 aliphatic heterocycles. The Labute approximate surface area is 170 Å². The number of hydrogen-bond donors (Lipinski definition) is 1. The molecule has 0 spiro atoms. The van der Waals surface area contributed by atoms with Crippen molar-refractivity contribution < 1.29 is 14.3 Å². The second-order valence-electron chi connectivity index (χ2n) is 6.50. The summed E-state index contributed by atoms with van der Waals surface area (Å²) < 4.78 is 10.9. The zero-order chi connectivity index (χ0) is 20.5. The van der Waals surface area contributed by atoms with E-state index < -0.39 is 0 Å². The lowest BCUT2D eigenvalue weighted by atomic mass is 10.0. The summed E-state index contributed by atoms with van der Waals surface area (Å²) >= 11 is 0. The number of aromatic nitrogens is 2. The van der Waals surface area contributed by atoms with Gasteiger partial charge >= 0.3 is 6.01 Å². The molecule has 0 bridgehead atoms. The van der Waals surface area contributed by atoms with Gasteiger partial charge in [0, 0.05) is 43.3 Å². The number of carbonyl (C=O) groups excluding carboxylic acids is 1. The standard InChI is InChI=1S/C23H25N3O3/c1-3-28-14-6-13-24-22(27)18-9-11-20(12-10-18)29-23-25-15-19(16-26-23)21-8-5-4-7-17(21)2/h4-5,7-12,15-16H,3,6,13-14H2,1-2H3,(H,24,27). The Morgan fingerprint density at radius 3 is 2.45 bits per heavy atom. The van der Waals surface area contributed by atoms with E-state index in [0.29, 0.717) is 31.1 Å². The van der Waals surface area contributed by atoms with Crippen molar-refractivity contribution in [2.45, 2.75) is 20.3 Å². The molecule has 0 saturated heterocycles. The van der Waals surface area contributed by atoms with Crippen LogP contribution in [0.5, 0.6) is 11.8 Å². The average Bonchev–Trinajstić information content (AvgIpc) is 2.75. The van der Waals surface area contributed by atoms with E-state index in [0.717, 1.165) is 23.1 Å². The molecular weight excluding hydrogens is 366 g/mol. The van der Waals surface area contributed by atoms with Gasteiger partial charge in [0.1, 0.15) is 5.75 Å². The van der Waals surface area contributed by atoms with Crippen molar-refractivity contribution in [3.05, 3.63) is 72.1 Å². The van der Waals surface area contributed by atoms with E-state index in [1.165, 1.54) is 0 Å². The van der Waals surface area contributed by atoms with Gasteiger partial charge in [0.25, 0.3) is 5.91 Å². The molecule has 0 saturated carbocycles. The maximum absolute atomic E-state index is 12.1. The maximum atomic E-state index is 12.1. The van der Waals surface area contributed by atoms with E-state index in [1.807, 2.05) is 25.1 Å². The van der Waals surface area contributed by atoms with Crippen LogP contribution in [0.3, 0.4) is 0 Å². The number of nitrogens with one attached hydrogen (secondary N) is 1. The second-order valence-corrected chi connectivity index (χ2v) is 6.50. The molecular formula is C23H25N3O3. The normalized spacial score (nSPS) is 10.6. The van der Waals surface area contributed by atoms with Crippen LogP contribution in [-0.2, 0) is 4.74 Å². The van der Waals surface area contributed by atoms with E-state index in [2.05, 4.69) is 28.3 Å². The van der Waals surface area contributed by atoms with Crippen molar-refractivity contribution in [3.8, 4) is 22.9 Å². The number of nitrogens with zero attached hydrogens (tertiary/aromatic N) is 2. The largest absolute Gasteiger partial charge is 0.424 e. The third-order valence-electron chi connectivity index (χ3n) is 4.36. The Morgan fingerprint density at radius 2 is 1.76 bits per heavy atom. The van der Waals surface area contributed by atoms with Gasteiger partial charge in [0.2, 0.25) is 0 Å². The lowest BCUT2D eigenvalue weighted by molar-refractivity contribution is 0.0944. The first-order chi connectivity index (χ1) is 14.2. The molecule has 1 N–H and O–H groups in total. The van der Waals surface area contributed by atoms with Gasteiger partial charge in [-0.1, -0.05) is 24.3 Å². The molecule has 3 aromatic rings. The SMILES string of the molecule is CCOCCCNC(=O)c1ccc(Oc2ncc(-c3ccccc3C)cn2)cc1. The van der Waals surface area contributed by atoms with Gasteiger partial charge in [-0.25, -0.2) is 9.97 Å². The highest BCUT2D eigenvalue weighted by atomic mass is 16.5. The van der Waals surface area contributed by atoms with Crippen LogP contribution in [-0.4, -0.2) is 35.6 Å². The topological polar surface area (TPSA) is 73.3 Å². The molecule has 1 heterocycles. The summed E-state index contributed by atoms with van der Waals surface area (Å²) in [4.78, 5) is 20.7. The predicted molar refractivity (Wildman–Crippen MR) is 112 cm³/mol. The Bertz CT molecular complexity index is 925. The Hall–Kier alpha value is -3.25. The number of hydrogen-bond acceptors (Lipinski definition) is 5. The first-order valence-electron chi connectivity index (χ1n) is 9.69. The molecule has 0 aliphatic carbocycles. The fraction of sp³-hybridized carbons (Fsp3) is 0.261. The lowest BCUT2D eigenvalue weighted by Crippen LogP contribution is -2.25. The average molecular weight is 391 g/mol. The van der Waals surface area contributed by atoms with E-state index >= 15 is 0 Å². The van der Waals surface area contributed by atoms with E-state index in [9.17, 15) is 4.79 Å². The lowest BCUT2D eigenvalue weighted by Gasteiger charge is -2.08. The molecule has 3 rings (SSSR count). The van der Waals surface area contributed by atoms with Gasteiger partial charge in [0.05, 0.1) is 0 Å². The second kappa shape index (κ2) is 10.3. The summed E-state index contributed by atoms with van der Waals surface area (Å²) in [6.45, 7) is 5.92. The maximum Gasteiger partial charge on any atom is 0.321 e. The highest BCUT2D eigenvalue weighted by molar-refractivity contribution is 5.94. The van der Waals surface area contributed by atoms with Crippen LogP contribution in [0.2, 0.25) is 0 Å². The number of rotatable bonds is 9. The van der Waals surface area contributed by atoms with Crippen LogP contribution in [0.4, 0.5) is 0 Å². The summed E-state index contributed by atoms with van der Waals surface area (Å²) in [5, 5.41) is 2.87. The summed E-state index contributed by atoms with van der Waals surface area (Å²) in [6.07, 6.45) is 4.28. The predicted octanol–water partition coefficient (Wildman–Crippen LogP) is 4.40. The number of carbonyl (C=O) groups is 1. The van der Waals surface area contributed by atoms with Gasteiger partial charge in [-0.05, 0) is 55.7 Å². The minimum absolute atomic E-state index is 0.119. The van der Waals surface area contributed by atoms with E-state index in [4.69, 9.17) is 9.47 Å². The monoisotopic (exact) mass is 391 g/mol. The Morgan fingerprint density at radius 1 is 1.03 bits per heavy atom. The summed E-state index contributed by atoms with van der Waals surface area (Å²) in [5.41, 5.74) is 3.77. The first kappa shape index (κ1) is 20.5. The molecule has 0 fully saturated rings. The Kier molecular flexibility index (Phi) is 7.30. The third kappa shape index (κ3) is 5.86. The number of ether oxygens (including phenoxy) is 2. The van der Waals surface area contributed by atoms with Gasteiger partial charge in [-0.15, -0.1) is 0 Å². The van der Waals surface area contributed by atoms with Crippen LogP contribution < -0.4 is 10.1 Å². The smallest absolute Gasteiger partial charge is 0.321 e. The van der Waals surface area contributed by atoms with Crippen molar-refractivity contribution >= 4 is 5.91 Å². The molecule has 2 aromatic carbocycles. The van der Waals surface area contributed by atoms with Gasteiger partial charge < -0.3 is 14.8 Å². The summed E-state index contributed by atoms with van der Waals surface area (Å²) in [7, 11) is 0. The zero-order valence-electron chi connectivity index (χ0n) is 16.7. The van der Waals surface area contributed by atoms with Gasteiger partial charge in [-0.3, -0.25) is 4.79 Å². The van der Waals surface area contributed by atoms with Crippen molar-refractivity contribution in [1.29, 1.82) is 0 Å². The van der Waals surface area contributed by atoms with E-state index in [-0.39, 0.29) is 11.9 Å². The number of aryl methyl sites for hydroxylation is 1. The molecule has 1 amide bonds. The van der Waals surface area contributed by atoms with E-state index in [1.54, 1.807) is 36.7 Å². The highest BCUT2D eigenvalue weighted by Crippen LogP contribution is 2.24. The third-order valence-corrected chi connectivity index (χ3v) is 4.36. The van der Waals surface area contributed by atoms with Crippen LogP contribution in [0.1, 0.15) is 29.3 Å². The van der Waals surface area contributed by atoms with Crippen LogP contribution in [0, 0.1) is 6.92 Å². The molecule has 0 unspecified atom stereocenters. The molecule has 6 nitrogen and oxygen atoms in total. The van der Waals surface area contributed by atoms with Gasteiger partial charge in [-0.2, -0.15) is 0 Å². The van der Waals surface area contributed by atoms with Crippen LogP contribution >= 0.6 is 0 Å². The highest BCUT2D eigenvalue weighted by Gasteiger charge is 2.07. The fourth-order valence-corrected chi connectivity index (χ4v) is 2.81. The first-order valence-corrected chi connectivity index (χ1v) is 9.69. The van der Waals surface area contributed by atoms with Gasteiger partial charge in [0.15, 0.2) is 0 Å². The van der Waals surface area contributed by atoms with Crippen LogP contribution in [0.15, 0.2) is 60.9 Å². The molecule has 29 heavy (non-hydrogen) atoms. The minimum atomic E-state index is -0.119. The van der Waals surface area contributed by atoms with Crippen LogP contribution in [0.25, 0.3) is 11.1 Å². The fourth-order valence-electron chi connectivity index (χ4n) is 2.81. The molecule has 0 radical (unpaired) electrons. The molecule has 150 valence electrons. The number of amides is 1. The molecule has 0 aliphatic rings. The molecule has 0 atom stereocenters. The summed E-state index contributed by atoms with van der Waals surface area (Å²) in [6, 6.07) is 15.2. The zero-order valence-corrected chi connectivity index (χ0v) is 16.7.